The van der Waals surface area contributed by atoms with E-state index in [0.717, 1.165) is 0 Å². The summed E-state index contributed by atoms with van der Waals surface area (Å²) in [5, 5.41) is 16.7. The van der Waals surface area contributed by atoms with E-state index < -0.39 is 20.7 Å². The highest BCUT2D eigenvalue weighted by Gasteiger charge is 2.29. The van der Waals surface area contributed by atoms with E-state index in [9.17, 15) is 0 Å². The summed E-state index contributed by atoms with van der Waals surface area (Å²) in [5.74, 6) is 0. The van der Waals surface area contributed by atoms with Gasteiger partial charge in [0, 0.05) is 27.9 Å². The van der Waals surface area contributed by atoms with Gasteiger partial charge < -0.3 is 15.0 Å². The van der Waals surface area contributed by atoms with Crippen molar-refractivity contribution in [3.8, 4) is 0 Å². The molecule has 0 aliphatic carbocycles. The van der Waals surface area contributed by atoms with E-state index in [1.54, 1.807) is 37.0 Å². The van der Waals surface area contributed by atoms with E-state index in [4.69, 9.17) is 15.0 Å². The Kier molecular flexibility index (Phi) is 29.5. The van der Waals surface area contributed by atoms with Crippen molar-refractivity contribution in [2.45, 2.75) is 119 Å². The van der Waals surface area contributed by atoms with Crippen molar-refractivity contribution in [1.29, 1.82) is 0 Å². The first-order valence-corrected chi connectivity index (χ1v) is 19.2. The number of carboxylic acid groups (broad SMARTS) is 2. The van der Waals surface area contributed by atoms with Crippen LogP contribution in [0.15, 0.2) is 0 Å². The summed E-state index contributed by atoms with van der Waals surface area (Å²) in [6.07, 6.45) is 24.1. The van der Waals surface area contributed by atoms with Crippen LogP contribution in [-0.4, -0.2) is 56.5 Å². The van der Waals surface area contributed by atoms with E-state index in [0.29, 0.717) is 0 Å². The van der Waals surface area contributed by atoms with Crippen LogP contribution in [0.5, 0.6) is 0 Å². The molecule has 0 saturated carbocycles. The van der Waals surface area contributed by atoms with E-state index in [1.165, 1.54) is 77.0 Å². The summed E-state index contributed by atoms with van der Waals surface area (Å²) >= 11 is 0. The SMILES string of the molecule is CCCC[P+](C)(CCCC)CCCC.CCCC[P+](C)(CCCC)CCCC.O=C([O-])[O-]. The standard InChI is InChI=1S/2C13H30P.CH2O3/c2*1-5-8-11-14(4,12-9-6-2)13-10-7-3;2-1(3)4/h2*5-13H2,1-4H3;(H2,2,3,4)/q2*+1;/p-2. The quantitative estimate of drug-likeness (QED) is 0.184. The summed E-state index contributed by atoms with van der Waals surface area (Å²) in [5.41, 5.74) is 0. The second-order valence-electron chi connectivity index (χ2n) is 9.95. The van der Waals surface area contributed by atoms with Crippen LogP contribution in [0.1, 0.15) is 119 Å². The average Bonchev–Trinajstić information content (AvgIpc) is 2.76. The highest BCUT2D eigenvalue weighted by Crippen LogP contribution is 2.57. The highest BCUT2D eigenvalue weighted by molar-refractivity contribution is 7.75. The number of carbonyl (C=O) groups is 1. The molecule has 0 spiro atoms. The Labute approximate surface area is 204 Å². The molecule has 0 radical (unpaired) electrons. The third-order valence-electron chi connectivity index (χ3n) is 6.31. The number of unbranched alkanes of at least 4 members (excludes halogenated alkanes) is 6. The molecule has 0 bridgehead atoms. The Hall–Kier alpha value is 0.130. The number of carbonyl (C=O) groups excluding carboxylic acids is 1. The van der Waals surface area contributed by atoms with Crippen LogP contribution in [-0.2, 0) is 0 Å². The van der Waals surface area contributed by atoms with Gasteiger partial charge >= 0.3 is 0 Å². The van der Waals surface area contributed by atoms with Gasteiger partial charge in [-0.05, 0) is 44.7 Å². The summed E-state index contributed by atoms with van der Waals surface area (Å²) in [7, 11) is -1.04. The highest BCUT2D eigenvalue weighted by atomic mass is 31.2. The lowest BCUT2D eigenvalue weighted by atomic mass is 10.4. The van der Waals surface area contributed by atoms with Gasteiger partial charge in [-0.2, -0.15) is 0 Å². The van der Waals surface area contributed by atoms with Crippen LogP contribution >= 0.6 is 14.5 Å². The molecule has 0 N–H and O–H groups in total. The van der Waals surface area contributed by atoms with Crippen LogP contribution < -0.4 is 10.2 Å². The molecule has 32 heavy (non-hydrogen) atoms. The first-order chi connectivity index (χ1) is 15.1. The molecule has 0 rings (SSSR count). The number of hydrogen-bond donors (Lipinski definition) is 0. The maximum atomic E-state index is 8.33. The second kappa shape index (κ2) is 25.7. The molecule has 0 amide bonds. The minimum Gasteiger partial charge on any atom is -0.652 e. The lowest BCUT2D eigenvalue weighted by molar-refractivity contribution is -0.415. The molecular weight excluding hydrogens is 434 g/mol. The van der Waals surface area contributed by atoms with Gasteiger partial charge in [0.15, 0.2) is 0 Å². The lowest BCUT2D eigenvalue weighted by Gasteiger charge is -2.22. The van der Waals surface area contributed by atoms with Gasteiger partial charge in [-0.1, -0.05) is 80.1 Å². The van der Waals surface area contributed by atoms with Gasteiger partial charge in [0.1, 0.15) is 0 Å². The molecule has 0 saturated heterocycles. The zero-order valence-electron chi connectivity index (χ0n) is 23.3. The summed E-state index contributed by atoms with van der Waals surface area (Å²) in [4.78, 5) is 8.33. The summed E-state index contributed by atoms with van der Waals surface area (Å²) in [6.45, 7) is 19.2. The van der Waals surface area contributed by atoms with Crippen LogP contribution in [0, 0.1) is 0 Å². The first-order valence-electron chi connectivity index (χ1n) is 13.6. The predicted molar refractivity (Wildman–Crippen MR) is 150 cm³/mol. The minimum atomic E-state index is -2.33. The van der Waals surface area contributed by atoms with Gasteiger partial charge in [-0.15, -0.1) is 0 Å². The molecule has 0 aliphatic heterocycles. The van der Waals surface area contributed by atoms with Gasteiger partial charge in [0.25, 0.3) is 0 Å². The van der Waals surface area contributed by atoms with E-state index in [2.05, 4.69) is 54.9 Å². The summed E-state index contributed by atoms with van der Waals surface area (Å²) in [6, 6.07) is 0. The Morgan fingerprint density at radius 3 is 0.688 bits per heavy atom. The van der Waals surface area contributed by atoms with Crippen LogP contribution in [0.2, 0.25) is 0 Å². The Morgan fingerprint density at radius 2 is 0.594 bits per heavy atom. The van der Waals surface area contributed by atoms with Gasteiger partial charge in [0.2, 0.25) is 0 Å². The molecule has 0 heterocycles. The minimum absolute atomic E-state index is 0.519. The number of hydrogen-bond acceptors (Lipinski definition) is 3. The smallest absolute Gasteiger partial charge is 0.0591 e. The molecule has 0 aromatic rings. The van der Waals surface area contributed by atoms with Gasteiger partial charge in [-0.25, -0.2) is 0 Å². The van der Waals surface area contributed by atoms with Gasteiger partial charge in [-0.3, -0.25) is 0 Å². The summed E-state index contributed by atoms with van der Waals surface area (Å²) < 4.78 is 0. The van der Waals surface area contributed by atoms with E-state index in [-0.39, 0.29) is 0 Å². The predicted octanol–water partition coefficient (Wildman–Crippen LogP) is 7.62. The Balaban J connectivity index is -0.000000450. The molecule has 0 fully saturated rings. The zero-order chi connectivity index (χ0) is 25.3. The van der Waals surface area contributed by atoms with Crippen LogP contribution in [0.4, 0.5) is 4.79 Å². The largest absolute Gasteiger partial charge is 0.652 e. The van der Waals surface area contributed by atoms with Crippen molar-refractivity contribution in [2.75, 3.05) is 50.3 Å². The molecule has 0 unspecified atom stereocenters. The molecule has 0 aromatic carbocycles. The third-order valence-corrected chi connectivity index (χ3v) is 14.7. The van der Waals surface area contributed by atoms with E-state index >= 15 is 0 Å². The van der Waals surface area contributed by atoms with E-state index in [1.807, 2.05) is 0 Å². The van der Waals surface area contributed by atoms with Crippen molar-refractivity contribution in [2.24, 2.45) is 0 Å². The van der Waals surface area contributed by atoms with Crippen molar-refractivity contribution < 1.29 is 15.0 Å². The van der Waals surface area contributed by atoms with Crippen molar-refractivity contribution in [1.82, 2.24) is 0 Å². The molecular formula is C27H60O3P2. The Morgan fingerprint density at radius 1 is 0.469 bits per heavy atom. The average molecular weight is 495 g/mol. The molecule has 0 atom stereocenters. The fourth-order valence-electron chi connectivity index (χ4n) is 3.91. The Bertz CT molecular complexity index is 312. The maximum absolute atomic E-state index is 8.33. The molecule has 0 aromatic heterocycles. The first kappa shape index (κ1) is 36.7. The number of rotatable bonds is 18. The fourth-order valence-corrected chi connectivity index (χ4v) is 11.7. The van der Waals surface area contributed by atoms with Gasteiger partial charge in [0.05, 0.1) is 37.0 Å². The maximum Gasteiger partial charge on any atom is 0.0591 e. The fraction of sp³-hybridized carbons (Fsp3) is 0.963. The molecule has 3 nitrogen and oxygen atoms in total. The van der Waals surface area contributed by atoms with Crippen LogP contribution in [0.3, 0.4) is 0 Å². The van der Waals surface area contributed by atoms with Crippen molar-refractivity contribution in [3.63, 3.8) is 0 Å². The van der Waals surface area contributed by atoms with Crippen LogP contribution in [0.25, 0.3) is 0 Å². The van der Waals surface area contributed by atoms with Crippen molar-refractivity contribution in [3.05, 3.63) is 0 Å². The second-order valence-corrected chi connectivity index (χ2v) is 19.1. The normalized spacial score (nSPS) is 11.2. The molecule has 5 heteroatoms. The monoisotopic (exact) mass is 494 g/mol. The third kappa shape index (κ3) is 28.2. The molecule has 0 aliphatic rings. The zero-order valence-corrected chi connectivity index (χ0v) is 25.1. The lowest BCUT2D eigenvalue weighted by Crippen LogP contribution is -2.37. The van der Waals surface area contributed by atoms with Crippen molar-refractivity contribution >= 4 is 20.7 Å². The molecule has 196 valence electrons. The topological polar surface area (TPSA) is 63.2 Å².